The lowest BCUT2D eigenvalue weighted by molar-refractivity contribution is 0.0994. The minimum absolute atomic E-state index is 0.0520. The Bertz CT molecular complexity index is 1590. The van der Waals surface area contributed by atoms with Gasteiger partial charge in [0.05, 0.1) is 29.0 Å². The molecule has 0 aliphatic heterocycles. The predicted molar refractivity (Wildman–Crippen MR) is 134 cm³/mol. The highest BCUT2D eigenvalue weighted by Gasteiger charge is 2.23. The summed E-state index contributed by atoms with van der Waals surface area (Å²) >= 11 is 7.24. The molecule has 3 aromatic carbocycles. The summed E-state index contributed by atoms with van der Waals surface area (Å²) in [5, 5.41) is 9.85. The number of rotatable bonds is 6. The molecule has 0 fully saturated rings. The van der Waals surface area contributed by atoms with Crippen molar-refractivity contribution < 1.29 is 9.53 Å². The van der Waals surface area contributed by atoms with E-state index >= 15 is 0 Å². The monoisotopic (exact) mass is 490 g/mol. The number of thioether (sulfide) groups is 1. The third kappa shape index (κ3) is 3.85. The van der Waals surface area contributed by atoms with Gasteiger partial charge in [-0.15, -0.1) is 10.2 Å². The molecule has 5 rings (SSSR count). The Labute approximate surface area is 204 Å². The van der Waals surface area contributed by atoms with Crippen molar-refractivity contribution in [1.82, 2.24) is 19.2 Å². The summed E-state index contributed by atoms with van der Waals surface area (Å²) in [6, 6.07) is 21.3. The molecule has 7 nitrogen and oxygen atoms in total. The molecule has 34 heavy (non-hydrogen) atoms. The first-order valence-electron chi connectivity index (χ1n) is 10.5. The van der Waals surface area contributed by atoms with Gasteiger partial charge in [0.25, 0.3) is 5.56 Å². The molecule has 0 saturated heterocycles. The Balaban J connectivity index is 1.66. The molecule has 0 aliphatic carbocycles. The van der Waals surface area contributed by atoms with Crippen LogP contribution < -0.4 is 10.3 Å². The largest absolute Gasteiger partial charge is 0.497 e. The van der Waals surface area contributed by atoms with Crippen LogP contribution >= 0.6 is 23.4 Å². The van der Waals surface area contributed by atoms with E-state index in [0.29, 0.717) is 43.9 Å². The van der Waals surface area contributed by atoms with Crippen LogP contribution in [0.4, 0.5) is 0 Å². The van der Waals surface area contributed by atoms with E-state index in [-0.39, 0.29) is 11.3 Å². The molecule has 2 aromatic heterocycles. The summed E-state index contributed by atoms with van der Waals surface area (Å²) < 4.78 is 8.66. The molecule has 5 aromatic rings. The number of ketones is 1. The van der Waals surface area contributed by atoms with Crippen LogP contribution in [0.1, 0.15) is 17.3 Å². The molecule has 0 spiro atoms. The second-order valence-corrected chi connectivity index (χ2v) is 9.35. The van der Waals surface area contributed by atoms with E-state index in [1.807, 2.05) is 47.7 Å². The molecule has 0 radical (unpaired) electrons. The first-order chi connectivity index (χ1) is 16.5. The van der Waals surface area contributed by atoms with Crippen LogP contribution in [-0.4, -0.2) is 37.3 Å². The normalized spacial score (nSPS) is 12.2. The fourth-order valence-electron chi connectivity index (χ4n) is 3.80. The van der Waals surface area contributed by atoms with Crippen molar-refractivity contribution in [2.45, 2.75) is 17.3 Å². The van der Waals surface area contributed by atoms with Gasteiger partial charge in [0.15, 0.2) is 10.9 Å². The van der Waals surface area contributed by atoms with Crippen LogP contribution in [-0.2, 0) is 0 Å². The Hall–Kier alpha value is -3.62. The van der Waals surface area contributed by atoms with Gasteiger partial charge in [-0.25, -0.2) is 4.57 Å². The van der Waals surface area contributed by atoms with E-state index in [2.05, 4.69) is 10.2 Å². The Kier molecular flexibility index (Phi) is 5.85. The van der Waals surface area contributed by atoms with Crippen molar-refractivity contribution in [3.8, 4) is 11.4 Å². The second kappa shape index (κ2) is 8.96. The molecular formula is C25H19ClN4O3S. The second-order valence-electron chi connectivity index (χ2n) is 7.61. The molecule has 0 N–H and O–H groups in total. The van der Waals surface area contributed by atoms with Crippen LogP contribution in [0.25, 0.3) is 22.4 Å². The van der Waals surface area contributed by atoms with Gasteiger partial charge < -0.3 is 4.74 Å². The number of Topliss-reactive ketones (excluding diaryl/α,β-unsaturated/α-hetero) is 1. The standard InChI is InChI=1S/C25H19ClN4O3S/c1-15(22(31)16-10-12-17(26)13-11-16)34-25-28-27-24-29(18-6-5-7-19(14-18)33-2)23(32)20-8-3-4-9-21(20)30(24)25/h3-15H,1-2H3. The maximum Gasteiger partial charge on any atom is 0.267 e. The quantitative estimate of drug-likeness (QED) is 0.244. The van der Waals surface area contributed by atoms with Gasteiger partial charge in [0.2, 0.25) is 5.78 Å². The molecule has 1 unspecified atom stereocenters. The average Bonchev–Trinajstić information content (AvgIpc) is 3.27. The van der Waals surface area contributed by atoms with Crippen LogP contribution in [0, 0.1) is 0 Å². The Morgan fingerprint density at radius 2 is 1.79 bits per heavy atom. The maximum absolute atomic E-state index is 13.5. The van der Waals surface area contributed by atoms with Gasteiger partial charge in [0, 0.05) is 16.7 Å². The van der Waals surface area contributed by atoms with Crippen molar-refractivity contribution in [3.05, 3.63) is 93.7 Å². The van der Waals surface area contributed by atoms with Crippen molar-refractivity contribution in [2.75, 3.05) is 7.11 Å². The smallest absolute Gasteiger partial charge is 0.267 e. The van der Waals surface area contributed by atoms with E-state index in [1.165, 1.54) is 16.3 Å². The highest BCUT2D eigenvalue weighted by atomic mass is 35.5. The van der Waals surface area contributed by atoms with Crippen molar-refractivity contribution >= 4 is 45.8 Å². The molecule has 2 heterocycles. The summed E-state index contributed by atoms with van der Waals surface area (Å²) in [5.74, 6) is 0.918. The highest BCUT2D eigenvalue weighted by Crippen LogP contribution is 2.28. The third-order valence-corrected chi connectivity index (χ3v) is 6.78. The minimum atomic E-state index is -0.440. The van der Waals surface area contributed by atoms with Crippen LogP contribution in [0.15, 0.2) is 82.7 Å². The van der Waals surface area contributed by atoms with Gasteiger partial charge in [-0.2, -0.15) is 0 Å². The highest BCUT2D eigenvalue weighted by molar-refractivity contribution is 8.00. The zero-order chi connectivity index (χ0) is 23.8. The molecular weight excluding hydrogens is 472 g/mol. The number of ether oxygens (including phenoxy) is 1. The summed E-state index contributed by atoms with van der Waals surface area (Å²) in [7, 11) is 1.57. The van der Waals surface area contributed by atoms with E-state index < -0.39 is 5.25 Å². The number of benzene rings is 3. The molecule has 170 valence electrons. The number of nitrogens with zero attached hydrogens (tertiary/aromatic N) is 4. The fraction of sp³-hybridized carbons (Fsp3) is 0.120. The van der Waals surface area contributed by atoms with Crippen LogP contribution in [0.3, 0.4) is 0 Å². The zero-order valence-electron chi connectivity index (χ0n) is 18.3. The SMILES string of the molecule is COc1cccc(-n2c(=O)c3ccccc3n3c(SC(C)C(=O)c4ccc(Cl)cc4)nnc23)c1. The molecule has 0 bridgehead atoms. The lowest BCUT2D eigenvalue weighted by Gasteiger charge is -2.13. The first kappa shape index (κ1) is 22.2. The van der Waals surface area contributed by atoms with E-state index in [9.17, 15) is 9.59 Å². The topological polar surface area (TPSA) is 78.5 Å². The average molecular weight is 491 g/mol. The van der Waals surface area contributed by atoms with E-state index in [4.69, 9.17) is 16.3 Å². The van der Waals surface area contributed by atoms with Gasteiger partial charge in [0.1, 0.15) is 5.75 Å². The summed E-state index contributed by atoms with van der Waals surface area (Å²) in [6.07, 6.45) is 0. The molecule has 0 saturated carbocycles. The van der Waals surface area contributed by atoms with Gasteiger partial charge in [-0.1, -0.05) is 41.6 Å². The van der Waals surface area contributed by atoms with Crippen molar-refractivity contribution in [3.63, 3.8) is 0 Å². The third-order valence-electron chi connectivity index (χ3n) is 5.49. The molecule has 1 atom stereocenters. The van der Waals surface area contributed by atoms with Crippen LogP contribution in [0.5, 0.6) is 5.75 Å². The lowest BCUT2D eigenvalue weighted by Crippen LogP contribution is -2.22. The lowest BCUT2D eigenvalue weighted by atomic mass is 10.1. The van der Waals surface area contributed by atoms with Gasteiger partial charge in [-0.3, -0.25) is 14.0 Å². The number of hydrogen-bond acceptors (Lipinski definition) is 6. The number of hydrogen-bond donors (Lipinski definition) is 0. The van der Waals surface area contributed by atoms with Gasteiger partial charge >= 0.3 is 0 Å². The summed E-state index contributed by atoms with van der Waals surface area (Å²) in [5.41, 5.74) is 1.62. The predicted octanol–water partition coefficient (Wildman–Crippen LogP) is 5.06. The Morgan fingerprint density at radius 1 is 1.03 bits per heavy atom. The maximum atomic E-state index is 13.5. The number of carbonyl (C=O) groups excluding carboxylic acids is 1. The summed E-state index contributed by atoms with van der Waals surface area (Å²) in [4.78, 5) is 26.5. The van der Waals surface area contributed by atoms with Crippen LogP contribution in [0.2, 0.25) is 5.02 Å². The van der Waals surface area contributed by atoms with Gasteiger partial charge in [-0.05, 0) is 55.5 Å². The number of aromatic nitrogens is 4. The zero-order valence-corrected chi connectivity index (χ0v) is 19.9. The Morgan fingerprint density at radius 3 is 2.56 bits per heavy atom. The number of carbonyl (C=O) groups is 1. The molecule has 0 amide bonds. The minimum Gasteiger partial charge on any atom is -0.497 e. The fourth-order valence-corrected chi connectivity index (χ4v) is 4.86. The van der Waals surface area contributed by atoms with Crippen molar-refractivity contribution in [2.24, 2.45) is 0 Å². The van der Waals surface area contributed by atoms with E-state index in [1.54, 1.807) is 43.5 Å². The van der Waals surface area contributed by atoms with E-state index in [0.717, 1.165) is 0 Å². The number of para-hydroxylation sites is 1. The molecule has 9 heteroatoms. The molecule has 0 aliphatic rings. The number of fused-ring (bicyclic) bond motifs is 3. The van der Waals surface area contributed by atoms with Crippen molar-refractivity contribution in [1.29, 1.82) is 0 Å². The number of methoxy groups -OCH3 is 1. The first-order valence-corrected chi connectivity index (χ1v) is 11.7. The summed E-state index contributed by atoms with van der Waals surface area (Å²) in [6.45, 7) is 1.82. The number of halogens is 1.